The van der Waals surface area contributed by atoms with Crippen LogP contribution in [0.3, 0.4) is 0 Å². The van der Waals surface area contributed by atoms with E-state index in [1.807, 2.05) is 0 Å². The summed E-state index contributed by atoms with van der Waals surface area (Å²) in [7, 11) is 0. The number of aromatic hydroxyl groups is 2. The van der Waals surface area contributed by atoms with Crippen LogP contribution < -0.4 is 5.32 Å². The predicted octanol–water partition coefficient (Wildman–Crippen LogP) is 2.57. The SMILES string of the molecule is Cc1ccc(NC(=O)c2cc(O)ccc2O)cc1[N+](=O)[O-]. The summed E-state index contributed by atoms with van der Waals surface area (Å²) in [5.41, 5.74) is 0.449. The topological polar surface area (TPSA) is 113 Å². The summed E-state index contributed by atoms with van der Waals surface area (Å²) >= 11 is 0. The molecule has 0 unspecified atom stereocenters. The highest BCUT2D eigenvalue weighted by Gasteiger charge is 2.15. The summed E-state index contributed by atoms with van der Waals surface area (Å²) < 4.78 is 0. The number of carbonyl (C=O) groups excluding carboxylic acids is 1. The number of nitrogens with zero attached hydrogens (tertiary/aromatic N) is 1. The molecule has 7 heteroatoms. The van der Waals surface area contributed by atoms with Crippen LogP contribution in [0.25, 0.3) is 0 Å². The fourth-order valence-corrected chi connectivity index (χ4v) is 1.79. The molecule has 0 fully saturated rings. The number of nitro benzene ring substituents is 1. The Bertz CT molecular complexity index is 727. The zero-order chi connectivity index (χ0) is 15.6. The Morgan fingerprint density at radius 1 is 1.19 bits per heavy atom. The largest absolute Gasteiger partial charge is 0.508 e. The zero-order valence-corrected chi connectivity index (χ0v) is 11.0. The Morgan fingerprint density at radius 3 is 2.57 bits per heavy atom. The van der Waals surface area contributed by atoms with Gasteiger partial charge in [0.15, 0.2) is 0 Å². The van der Waals surface area contributed by atoms with Crippen molar-refractivity contribution in [1.82, 2.24) is 0 Å². The van der Waals surface area contributed by atoms with E-state index in [9.17, 15) is 25.1 Å². The van der Waals surface area contributed by atoms with Crippen molar-refractivity contribution in [2.24, 2.45) is 0 Å². The number of phenols is 2. The number of hydrogen-bond donors (Lipinski definition) is 3. The second-order valence-corrected chi connectivity index (χ2v) is 4.41. The van der Waals surface area contributed by atoms with Crippen LogP contribution in [0, 0.1) is 17.0 Å². The molecule has 0 saturated carbocycles. The van der Waals surface area contributed by atoms with Crippen LogP contribution in [0.5, 0.6) is 11.5 Å². The van der Waals surface area contributed by atoms with Gasteiger partial charge in [-0.3, -0.25) is 14.9 Å². The third kappa shape index (κ3) is 3.08. The van der Waals surface area contributed by atoms with Gasteiger partial charge in [0.2, 0.25) is 0 Å². The molecule has 2 aromatic rings. The molecule has 0 heterocycles. The first-order chi connectivity index (χ1) is 9.88. The van der Waals surface area contributed by atoms with Gasteiger partial charge in [-0.25, -0.2) is 0 Å². The molecular formula is C14H12N2O5. The summed E-state index contributed by atoms with van der Waals surface area (Å²) in [5, 5.41) is 32.2. The van der Waals surface area contributed by atoms with Gasteiger partial charge < -0.3 is 15.5 Å². The van der Waals surface area contributed by atoms with Crippen LogP contribution in [0.15, 0.2) is 36.4 Å². The van der Waals surface area contributed by atoms with E-state index in [0.717, 1.165) is 6.07 Å². The number of benzene rings is 2. The quantitative estimate of drug-likeness (QED) is 0.456. The monoisotopic (exact) mass is 288 g/mol. The number of anilines is 1. The maximum atomic E-state index is 12.0. The van der Waals surface area contributed by atoms with E-state index in [1.54, 1.807) is 6.92 Å². The molecular weight excluding hydrogens is 276 g/mol. The lowest BCUT2D eigenvalue weighted by molar-refractivity contribution is -0.385. The maximum Gasteiger partial charge on any atom is 0.274 e. The van der Waals surface area contributed by atoms with E-state index in [1.165, 1.54) is 30.3 Å². The molecule has 7 nitrogen and oxygen atoms in total. The first kappa shape index (κ1) is 14.3. The van der Waals surface area contributed by atoms with Crippen molar-refractivity contribution in [3.05, 3.63) is 57.6 Å². The van der Waals surface area contributed by atoms with E-state index in [-0.39, 0.29) is 28.4 Å². The first-order valence-electron chi connectivity index (χ1n) is 5.97. The van der Waals surface area contributed by atoms with Crippen LogP contribution in [0.4, 0.5) is 11.4 Å². The van der Waals surface area contributed by atoms with Crippen LogP contribution in [0.2, 0.25) is 0 Å². The minimum Gasteiger partial charge on any atom is -0.508 e. The van der Waals surface area contributed by atoms with Gasteiger partial charge in [0.05, 0.1) is 10.5 Å². The van der Waals surface area contributed by atoms with Crippen molar-refractivity contribution in [3.63, 3.8) is 0 Å². The number of nitrogens with one attached hydrogen (secondary N) is 1. The van der Waals surface area contributed by atoms with Crippen LogP contribution in [0.1, 0.15) is 15.9 Å². The highest BCUT2D eigenvalue weighted by molar-refractivity contribution is 6.06. The van der Waals surface area contributed by atoms with Gasteiger partial charge in [0.1, 0.15) is 11.5 Å². The standard InChI is InChI=1S/C14H12N2O5/c1-8-2-3-9(6-12(8)16(20)21)15-14(19)11-7-10(17)4-5-13(11)18/h2-7,17-18H,1H3,(H,15,19). The molecule has 21 heavy (non-hydrogen) atoms. The van der Waals surface area contributed by atoms with Crippen molar-refractivity contribution >= 4 is 17.3 Å². The lowest BCUT2D eigenvalue weighted by Gasteiger charge is -2.08. The summed E-state index contributed by atoms with van der Waals surface area (Å²) in [4.78, 5) is 22.3. The summed E-state index contributed by atoms with van der Waals surface area (Å²) in [6.07, 6.45) is 0. The van der Waals surface area contributed by atoms with Crippen molar-refractivity contribution in [2.45, 2.75) is 6.92 Å². The van der Waals surface area contributed by atoms with Crippen molar-refractivity contribution in [3.8, 4) is 11.5 Å². The average Bonchev–Trinajstić information content (AvgIpc) is 2.43. The Kier molecular flexibility index (Phi) is 3.75. The number of rotatable bonds is 3. The van der Waals surface area contributed by atoms with Crippen molar-refractivity contribution < 1.29 is 19.9 Å². The normalized spacial score (nSPS) is 10.1. The summed E-state index contributed by atoms with van der Waals surface area (Å²) in [6, 6.07) is 7.78. The molecule has 1 amide bonds. The van der Waals surface area contributed by atoms with Gasteiger partial charge in [-0.1, -0.05) is 6.07 Å². The Labute approximate surface area is 119 Å². The van der Waals surface area contributed by atoms with Gasteiger partial charge in [-0.05, 0) is 31.2 Å². The van der Waals surface area contributed by atoms with Gasteiger partial charge >= 0.3 is 0 Å². The van der Waals surface area contributed by atoms with Gasteiger partial charge in [-0.15, -0.1) is 0 Å². The molecule has 0 spiro atoms. The fraction of sp³-hybridized carbons (Fsp3) is 0.0714. The number of aryl methyl sites for hydroxylation is 1. The second-order valence-electron chi connectivity index (χ2n) is 4.41. The molecule has 0 saturated heterocycles. The molecule has 0 aromatic heterocycles. The third-order valence-corrected chi connectivity index (χ3v) is 2.89. The molecule has 0 atom stereocenters. The molecule has 0 bridgehead atoms. The van der Waals surface area contributed by atoms with Crippen molar-refractivity contribution in [1.29, 1.82) is 0 Å². The Hall–Kier alpha value is -3.09. The number of carbonyl (C=O) groups is 1. The lowest BCUT2D eigenvalue weighted by Crippen LogP contribution is -2.12. The van der Waals surface area contributed by atoms with E-state index in [2.05, 4.69) is 5.32 Å². The molecule has 0 radical (unpaired) electrons. The average molecular weight is 288 g/mol. The zero-order valence-electron chi connectivity index (χ0n) is 11.0. The number of nitro groups is 1. The van der Waals surface area contributed by atoms with Crippen LogP contribution >= 0.6 is 0 Å². The Balaban J connectivity index is 2.29. The molecule has 0 aliphatic heterocycles. The maximum absolute atomic E-state index is 12.0. The second kappa shape index (κ2) is 5.49. The number of amides is 1. The van der Waals surface area contributed by atoms with Crippen molar-refractivity contribution in [2.75, 3.05) is 5.32 Å². The van der Waals surface area contributed by atoms with Crippen LogP contribution in [-0.2, 0) is 0 Å². The predicted molar refractivity (Wildman–Crippen MR) is 75.6 cm³/mol. The van der Waals surface area contributed by atoms with Gasteiger partial charge in [-0.2, -0.15) is 0 Å². The lowest BCUT2D eigenvalue weighted by atomic mass is 10.1. The number of phenolic OH excluding ortho intramolecular Hbond substituents is 2. The van der Waals surface area contributed by atoms with Crippen LogP contribution in [-0.4, -0.2) is 21.0 Å². The fourth-order valence-electron chi connectivity index (χ4n) is 1.79. The van der Waals surface area contributed by atoms with Gasteiger partial charge in [0.25, 0.3) is 11.6 Å². The van der Waals surface area contributed by atoms with E-state index in [0.29, 0.717) is 5.56 Å². The van der Waals surface area contributed by atoms with E-state index < -0.39 is 10.8 Å². The minimum absolute atomic E-state index is 0.118. The summed E-state index contributed by atoms with van der Waals surface area (Å²) in [5.74, 6) is -1.15. The van der Waals surface area contributed by atoms with E-state index in [4.69, 9.17) is 0 Å². The molecule has 0 aliphatic carbocycles. The smallest absolute Gasteiger partial charge is 0.274 e. The number of hydrogen-bond acceptors (Lipinski definition) is 5. The third-order valence-electron chi connectivity index (χ3n) is 2.89. The van der Waals surface area contributed by atoms with Gasteiger partial charge in [0, 0.05) is 17.3 Å². The highest BCUT2D eigenvalue weighted by Crippen LogP contribution is 2.25. The molecule has 2 aromatic carbocycles. The highest BCUT2D eigenvalue weighted by atomic mass is 16.6. The molecule has 3 N–H and O–H groups in total. The summed E-state index contributed by atoms with van der Waals surface area (Å²) in [6.45, 7) is 1.59. The first-order valence-corrected chi connectivity index (χ1v) is 5.97. The molecule has 0 aliphatic rings. The molecule has 108 valence electrons. The Morgan fingerprint density at radius 2 is 1.90 bits per heavy atom. The minimum atomic E-state index is -0.679. The molecule has 2 rings (SSSR count). The van der Waals surface area contributed by atoms with E-state index >= 15 is 0 Å².